The third-order valence-corrected chi connectivity index (χ3v) is 8.81. The smallest absolute Gasteiger partial charge is 0.323 e. The van der Waals surface area contributed by atoms with Crippen LogP contribution in [-0.2, 0) is 34.2 Å². The average molecular weight is 629 g/mol. The highest BCUT2D eigenvalue weighted by Gasteiger charge is 2.59. The first-order valence-corrected chi connectivity index (χ1v) is 16.0. The molecular weight excluding hydrogens is 580 g/mol. The fourth-order valence-corrected chi connectivity index (χ4v) is 5.84. The van der Waals surface area contributed by atoms with Crippen LogP contribution in [0, 0.1) is 34.5 Å². The van der Waals surface area contributed by atoms with Crippen LogP contribution in [0.1, 0.15) is 96.9 Å². The normalized spacial score (nSPS) is 25.0. The van der Waals surface area contributed by atoms with Gasteiger partial charge in [0.2, 0.25) is 11.5 Å². The fraction of sp³-hybridized carbons (Fsp3) is 0.688. The van der Waals surface area contributed by atoms with E-state index in [9.17, 15) is 24.8 Å². The van der Waals surface area contributed by atoms with Crippen LogP contribution in [-0.4, -0.2) is 71.1 Å². The number of esters is 2. The van der Waals surface area contributed by atoms with Crippen molar-refractivity contribution in [1.82, 2.24) is 10.3 Å². The number of nitrogens with zero attached hydrogens (tertiary/aromatic N) is 2. The van der Waals surface area contributed by atoms with Crippen LogP contribution in [0.3, 0.4) is 0 Å². The molecule has 0 bridgehead atoms. The van der Waals surface area contributed by atoms with E-state index in [-0.39, 0.29) is 53.9 Å². The lowest BCUT2D eigenvalue weighted by Crippen LogP contribution is -2.46. The van der Waals surface area contributed by atoms with Gasteiger partial charge in [0.1, 0.15) is 37.3 Å². The number of nitrogens with two attached hydrogens (primary N) is 1. The van der Waals surface area contributed by atoms with Gasteiger partial charge in [-0.05, 0) is 49.7 Å². The van der Waals surface area contributed by atoms with Gasteiger partial charge in [-0.1, -0.05) is 53.4 Å². The molecule has 1 saturated carbocycles. The second-order valence-electron chi connectivity index (χ2n) is 12.3. The predicted octanol–water partition coefficient (Wildman–Crippen LogP) is 3.20. The Morgan fingerprint density at radius 3 is 2.49 bits per heavy atom. The highest BCUT2D eigenvalue weighted by atomic mass is 16.6. The Balaban J connectivity index is 1.87. The first kappa shape index (κ1) is 35.9. The van der Waals surface area contributed by atoms with Crippen LogP contribution < -0.4 is 11.1 Å². The van der Waals surface area contributed by atoms with Crippen molar-refractivity contribution in [3.05, 3.63) is 23.5 Å². The van der Waals surface area contributed by atoms with E-state index in [0.29, 0.717) is 12.8 Å². The number of hydrogen-bond donors (Lipinski definition) is 5. The van der Waals surface area contributed by atoms with Gasteiger partial charge in [0.15, 0.2) is 11.9 Å². The molecule has 5 atom stereocenters. The minimum absolute atomic E-state index is 0.0450. The van der Waals surface area contributed by atoms with Crippen molar-refractivity contribution in [2.45, 2.75) is 115 Å². The van der Waals surface area contributed by atoms with Crippen molar-refractivity contribution < 1.29 is 33.7 Å². The standard InChI is InChI=1S/C32H48N6O7/c1-5-21(6-2)30(41)38-29(36-18-34)22-13-14-24(37-22)32(17-33)28(40)27(44-31(42)26(35)19(3)4)23(45-32)16-43-25(39)15-20-11-9-7-8-10-12-20/h13-14,18-21,23,26-28,37,40H,5-12,15-16,35H2,1-4H3,(H2,34,36,38,41)/t23-,26+,27-,28-,32+/m1/s1. The Labute approximate surface area is 264 Å². The molecule has 1 aliphatic heterocycles. The molecule has 1 aromatic rings. The number of nitrogens with one attached hydrogen (secondary N) is 3. The summed E-state index contributed by atoms with van der Waals surface area (Å²) in [5.41, 5.74) is 4.28. The van der Waals surface area contributed by atoms with Gasteiger partial charge in [-0.25, -0.2) is 4.99 Å². The molecule has 0 aromatic carbocycles. The third kappa shape index (κ3) is 8.77. The van der Waals surface area contributed by atoms with Crippen molar-refractivity contribution in [1.29, 1.82) is 10.7 Å². The van der Waals surface area contributed by atoms with Crippen molar-refractivity contribution in [3.63, 3.8) is 0 Å². The molecule has 1 aromatic heterocycles. The Morgan fingerprint density at radius 2 is 1.91 bits per heavy atom. The van der Waals surface area contributed by atoms with E-state index in [1.807, 2.05) is 19.9 Å². The second-order valence-corrected chi connectivity index (χ2v) is 12.3. The van der Waals surface area contributed by atoms with Gasteiger partial charge in [0, 0.05) is 12.3 Å². The summed E-state index contributed by atoms with van der Waals surface area (Å²) in [5, 5.41) is 32.1. The van der Waals surface area contributed by atoms with Gasteiger partial charge < -0.3 is 35.4 Å². The summed E-state index contributed by atoms with van der Waals surface area (Å²) < 4.78 is 17.3. The predicted molar refractivity (Wildman–Crippen MR) is 166 cm³/mol. The molecule has 1 amide bonds. The molecular formula is C32H48N6O7. The summed E-state index contributed by atoms with van der Waals surface area (Å²) in [5.74, 6) is -1.75. The van der Waals surface area contributed by atoms with Crippen molar-refractivity contribution in [3.8, 4) is 6.07 Å². The number of aromatic amines is 1. The van der Waals surface area contributed by atoms with E-state index in [4.69, 9.17) is 25.4 Å². The van der Waals surface area contributed by atoms with Crippen molar-refractivity contribution in [2.75, 3.05) is 6.61 Å². The van der Waals surface area contributed by atoms with E-state index in [1.54, 1.807) is 13.8 Å². The Kier molecular flexibility index (Phi) is 13.3. The maximum absolute atomic E-state index is 12.9. The third-order valence-electron chi connectivity index (χ3n) is 8.81. The maximum Gasteiger partial charge on any atom is 0.323 e. The number of hydrogen-bond acceptors (Lipinski definition) is 10. The van der Waals surface area contributed by atoms with Crippen molar-refractivity contribution >= 4 is 30.0 Å². The van der Waals surface area contributed by atoms with Gasteiger partial charge in [-0.3, -0.25) is 19.8 Å². The number of aromatic nitrogens is 1. The number of aliphatic imine (C=N–C) groups is 1. The number of nitriles is 1. The number of rotatable bonds is 13. The topological polar surface area (TPSA) is 213 Å². The number of ether oxygens (including phenoxy) is 3. The molecule has 3 rings (SSSR count). The fourth-order valence-electron chi connectivity index (χ4n) is 5.84. The van der Waals surface area contributed by atoms with E-state index < -0.39 is 41.9 Å². The van der Waals surface area contributed by atoms with Crippen LogP contribution in [0.5, 0.6) is 0 Å². The zero-order valence-electron chi connectivity index (χ0n) is 26.7. The minimum atomic E-state index is -2.07. The van der Waals surface area contributed by atoms with Gasteiger partial charge in [0.05, 0.1) is 11.4 Å². The number of H-pyrrole nitrogens is 1. The quantitative estimate of drug-likeness (QED) is 0.0937. The molecule has 0 radical (unpaired) electrons. The summed E-state index contributed by atoms with van der Waals surface area (Å²) in [6.07, 6.45) is 4.33. The van der Waals surface area contributed by atoms with Gasteiger partial charge in [0.25, 0.3) is 0 Å². The van der Waals surface area contributed by atoms with Crippen LogP contribution in [0.15, 0.2) is 17.1 Å². The summed E-state index contributed by atoms with van der Waals surface area (Å²) in [6, 6.07) is 4.01. The summed E-state index contributed by atoms with van der Waals surface area (Å²) in [7, 11) is 0. The molecule has 13 nitrogen and oxygen atoms in total. The van der Waals surface area contributed by atoms with Crippen LogP contribution in [0.4, 0.5) is 0 Å². The molecule has 13 heteroatoms. The largest absolute Gasteiger partial charge is 0.463 e. The first-order chi connectivity index (χ1) is 21.5. The highest BCUT2D eigenvalue weighted by molar-refractivity contribution is 6.09. The summed E-state index contributed by atoms with van der Waals surface area (Å²) in [4.78, 5) is 45.4. The lowest BCUT2D eigenvalue weighted by molar-refractivity contribution is -0.162. The minimum Gasteiger partial charge on any atom is -0.463 e. The van der Waals surface area contributed by atoms with Gasteiger partial charge >= 0.3 is 11.9 Å². The molecule has 2 aliphatic rings. The van der Waals surface area contributed by atoms with Crippen LogP contribution in [0.25, 0.3) is 0 Å². The number of aliphatic hydroxyl groups excluding tert-OH is 1. The average Bonchev–Trinajstić information content (AvgIpc) is 3.51. The highest BCUT2D eigenvalue weighted by Crippen LogP contribution is 2.41. The number of amides is 1. The zero-order chi connectivity index (χ0) is 33.1. The lowest BCUT2D eigenvalue weighted by Gasteiger charge is -2.25. The van der Waals surface area contributed by atoms with Crippen molar-refractivity contribution in [2.24, 2.45) is 28.5 Å². The number of carbonyl (C=O) groups excluding carboxylic acids is 3. The Hall–Kier alpha value is -3.60. The second kappa shape index (κ2) is 16.6. The molecule has 2 heterocycles. The number of aliphatic hydroxyl groups is 1. The van der Waals surface area contributed by atoms with E-state index >= 15 is 0 Å². The molecule has 45 heavy (non-hydrogen) atoms. The Morgan fingerprint density at radius 1 is 1.24 bits per heavy atom. The molecule has 1 saturated heterocycles. The van der Waals surface area contributed by atoms with E-state index in [2.05, 4.69) is 15.3 Å². The van der Waals surface area contributed by atoms with E-state index in [0.717, 1.165) is 44.9 Å². The molecule has 0 spiro atoms. The first-order valence-electron chi connectivity index (χ1n) is 16.0. The monoisotopic (exact) mass is 628 g/mol. The molecule has 2 fully saturated rings. The maximum atomic E-state index is 12.9. The SMILES string of the molecule is CCC(CC)C(=O)NC(=NC=N)c1ccc([C@]2(C#N)O[C@H](COC(=O)CC3CCCCCC3)[C@@H](OC(=O)[C@@H](N)C(C)C)[C@H]2O)[nH]1. The van der Waals surface area contributed by atoms with Crippen LogP contribution in [0.2, 0.25) is 0 Å². The summed E-state index contributed by atoms with van der Waals surface area (Å²) in [6.45, 7) is 6.92. The molecule has 1 aliphatic carbocycles. The molecule has 248 valence electrons. The van der Waals surface area contributed by atoms with Crippen LogP contribution >= 0.6 is 0 Å². The lowest BCUT2D eigenvalue weighted by atomic mass is 9.92. The summed E-state index contributed by atoms with van der Waals surface area (Å²) >= 11 is 0. The zero-order valence-corrected chi connectivity index (χ0v) is 26.7. The molecule has 0 unspecified atom stereocenters. The van der Waals surface area contributed by atoms with E-state index in [1.165, 1.54) is 12.1 Å². The number of carbonyl (C=O) groups is 3. The molecule has 6 N–H and O–H groups in total. The number of amidine groups is 1. The van der Waals surface area contributed by atoms with Gasteiger partial charge in [-0.15, -0.1) is 0 Å². The van der Waals surface area contributed by atoms with Gasteiger partial charge in [-0.2, -0.15) is 5.26 Å². The Bertz CT molecular complexity index is 1240.